The van der Waals surface area contributed by atoms with Gasteiger partial charge in [-0.05, 0) is 12.1 Å². The SMILES string of the molecule is COc1ccccc1NC(=O)CCN1CCSC1=O. The second kappa shape index (κ2) is 6.47. The van der Waals surface area contributed by atoms with Crippen LogP contribution in [0.15, 0.2) is 24.3 Å². The van der Waals surface area contributed by atoms with Crippen molar-refractivity contribution >= 4 is 28.6 Å². The summed E-state index contributed by atoms with van der Waals surface area (Å²) in [5.41, 5.74) is 0.650. The van der Waals surface area contributed by atoms with Crippen molar-refractivity contribution in [3.05, 3.63) is 24.3 Å². The summed E-state index contributed by atoms with van der Waals surface area (Å²) in [5, 5.41) is 2.85. The molecule has 1 aliphatic rings. The zero-order valence-electron chi connectivity index (χ0n) is 10.7. The maximum atomic E-state index is 11.8. The number of carbonyl (C=O) groups excluding carboxylic acids is 2. The van der Waals surface area contributed by atoms with E-state index in [-0.39, 0.29) is 11.1 Å². The monoisotopic (exact) mass is 280 g/mol. The Morgan fingerprint density at radius 2 is 2.26 bits per heavy atom. The number of methoxy groups -OCH3 is 1. The van der Waals surface area contributed by atoms with Gasteiger partial charge < -0.3 is 15.0 Å². The quantitative estimate of drug-likeness (QED) is 0.898. The highest BCUT2D eigenvalue weighted by atomic mass is 32.2. The van der Waals surface area contributed by atoms with Crippen LogP contribution in [0.5, 0.6) is 5.75 Å². The van der Waals surface area contributed by atoms with Crippen molar-refractivity contribution in [3.63, 3.8) is 0 Å². The van der Waals surface area contributed by atoms with Crippen molar-refractivity contribution in [1.29, 1.82) is 0 Å². The highest BCUT2D eigenvalue weighted by Gasteiger charge is 2.21. The fourth-order valence-corrected chi connectivity index (χ4v) is 2.68. The Kier molecular flexibility index (Phi) is 4.68. The van der Waals surface area contributed by atoms with Gasteiger partial charge in [-0.2, -0.15) is 0 Å². The third-order valence-electron chi connectivity index (χ3n) is 2.83. The molecule has 2 rings (SSSR count). The molecular formula is C13H16N2O3S. The van der Waals surface area contributed by atoms with Crippen LogP contribution in [0.1, 0.15) is 6.42 Å². The van der Waals surface area contributed by atoms with E-state index in [0.29, 0.717) is 24.4 Å². The average Bonchev–Trinajstić information content (AvgIpc) is 2.82. The van der Waals surface area contributed by atoms with Crippen LogP contribution in [0.3, 0.4) is 0 Å². The molecule has 5 nitrogen and oxygen atoms in total. The van der Waals surface area contributed by atoms with Gasteiger partial charge in [-0.1, -0.05) is 23.9 Å². The van der Waals surface area contributed by atoms with Gasteiger partial charge in [0.15, 0.2) is 0 Å². The van der Waals surface area contributed by atoms with E-state index in [1.54, 1.807) is 24.1 Å². The number of nitrogens with one attached hydrogen (secondary N) is 1. The van der Waals surface area contributed by atoms with Gasteiger partial charge in [0.25, 0.3) is 5.24 Å². The molecule has 1 aromatic carbocycles. The molecule has 0 saturated carbocycles. The molecule has 0 aromatic heterocycles. The molecule has 1 aromatic rings. The van der Waals surface area contributed by atoms with Gasteiger partial charge in [0.05, 0.1) is 12.8 Å². The summed E-state index contributed by atoms with van der Waals surface area (Å²) >= 11 is 1.30. The first-order chi connectivity index (χ1) is 9.20. The number of benzene rings is 1. The summed E-state index contributed by atoms with van der Waals surface area (Å²) in [5.74, 6) is 1.32. The molecule has 0 spiro atoms. The molecule has 1 saturated heterocycles. The summed E-state index contributed by atoms with van der Waals surface area (Å²) in [6.45, 7) is 1.19. The molecular weight excluding hydrogens is 264 g/mol. The molecule has 102 valence electrons. The number of ether oxygens (including phenoxy) is 1. The molecule has 0 unspecified atom stereocenters. The van der Waals surface area contributed by atoms with E-state index >= 15 is 0 Å². The Bertz CT molecular complexity index is 479. The van der Waals surface area contributed by atoms with Gasteiger partial charge >= 0.3 is 0 Å². The Balaban J connectivity index is 1.85. The molecule has 1 aliphatic heterocycles. The Labute approximate surface area is 116 Å². The largest absolute Gasteiger partial charge is 0.495 e. The second-order valence-electron chi connectivity index (χ2n) is 4.10. The molecule has 1 fully saturated rings. The van der Waals surface area contributed by atoms with E-state index < -0.39 is 0 Å². The maximum Gasteiger partial charge on any atom is 0.281 e. The Morgan fingerprint density at radius 3 is 2.95 bits per heavy atom. The molecule has 6 heteroatoms. The summed E-state index contributed by atoms with van der Waals surface area (Å²) in [6.07, 6.45) is 0.296. The number of nitrogens with zero attached hydrogens (tertiary/aromatic N) is 1. The lowest BCUT2D eigenvalue weighted by atomic mass is 10.2. The molecule has 1 N–H and O–H groups in total. The number of anilines is 1. The van der Waals surface area contributed by atoms with Crippen LogP contribution in [0, 0.1) is 0 Å². The van der Waals surface area contributed by atoms with E-state index in [1.807, 2.05) is 12.1 Å². The van der Waals surface area contributed by atoms with Gasteiger partial charge in [0.2, 0.25) is 5.91 Å². The van der Waals surface area contributed by atoms with Crippen molar-refractivity contribution in [1.82, 2.24) is 4.90 Å². The molecule has 0 atom stereocenters. The standard InChI is InChI=1S/C13H16N2O3S/c1-18-11-5-3-2-4-10(11)14-12(16)6-7-15-8-9-19-13(15)17/h2-5H,6-9H2,1H3,(H,14,16). The van der Waals surface area contributed by atoms with Gasteiger partial charge in [-0.15, -0.1) is 0 Å². The lowest BCUT2D eigenvalue weighted by molar-refractivity contribution is -0.116. The highest BCUT2D eigenvalue weighted by molar-refractivity contribution is 8.13. The van der Waals surface area contributed by atoms with Crippen molar-refractivity contribution in [2.24, 2.45) is 0 Å². The van der Waals surface area contributed by atoms with E-state index in [0.717, 1.165) is 12.3 Å². The lowest BCUT2D eigenvalue weighted by Crippen LogP contribution is -2.27. The summed E-state index contributed by atoms with van der Waals surface area (Å²) in [6, 6.07) is 7.25. The molecule has 2 amide bonds. The highest BCUT2D eigenvalue weighted by Crippen LogP contribution is 2.23. The van der Waals surface area contributed by atoms with Crippen molar-refractivity contribution in [2.75, 3.05) is 31.3 Å². The number of hydrogen-bond donors (Lipinski definition) is 1. The normalized spacial score (nSPS) is 14.6. The number of amides is 2. The Hall–Kier alpha value is -1.69. The predicted octanol–water partition coefficient (Wildman–Crippen LogP) is 2.19. The van der Waals surface area contributed by atoms with Gasteiger partial charge in [-0.25, -0.2) is 0 Å². The average molecular weight is 280 g/mol. The third kappa shape index (κ3) is 3.64. The molecule has 0 bridgehead atoms. The minimum absolute atomic E-state index is 0.0603. The van der Waals surface area contributed by atoms with Crippen LogP contribution in [0.4, 0.5) is 10.5 Å². The van der Waals surface area contributed by atoms with Crippen molar-refractivity contribution < 1.29 is 14.3 Å². The second-order valence-corrected chi connectivity index (χ2v) is 5.15. The van der Waals surface area contributed by atoms with E-state index in [1.165, 1.54) is 11.8 Å². The van der Waals surface area contributed by atoms with E-state index in [9.17, 15) is 9.59 Å². The van der Waals surface area contributed by atoms with Gasteiger partial charge in [-0.3, -0.25) is 9.59 Å². The van der Waals surface area contributed by atoms with Crippen LogP contribution in [0.2, 0.25) is 0 Å². The number of para-hydroxylation sites is 2. The first-order valence-electron chi connectivity index (χ1n) is 6.05. The van der Waals surface area contributed by atoms with Crippen LogP contribution in [0.25, 0.3) is 0 Å². The van der Waals surface area contributed by atoms with Crippen LogP contribution >= 0.6 is 11.8 Å². The van der Waals surface area contributed by atoms with E-state index in [2.05, 4.69) is 5.32 Å². The summed E-state index contributed by atoms with van der Waals surface area (Å²) in [7, 11) is 1.56. The summed E-state index contributed by atoms with van der Waals surface area (Å²) < 4.78 is 5.16. The van der Waals surface area contributed by atoms with Crippen LogP contribution in [-0.4, -0.2) is 42.0 Å². The fraction of sp³-hybridized carbons (Fsp3) is 0.385. The van der Waals surface area contributed by atoms with Gasteiger partial charge in [0.1, 0.15) is 5.75 Å². The number of thioether (sulfide) groups is 1. The number of carbonyl (C=O) groups is 2. The molecule has 19 heavy (non-hydrogen) atoms. The predicted molar refractivity (Wildman–Crippen MR) is 75.7 cm³/mol. The Morgan fingerprint density at radius 1 is 1.47 bits per heavy atom. The summed E-state index contributed by atoms with van der Waals surface area (Å²) in [4.78, 5) is 24.9. The lowest BCUT2D eigenvalue weighted by Gasteiger charge is -2.14. The van der Waals surface area contributed by atoms with Gasteiger partial charge in [0, 0.05) is 25.3 Å². The first-order valence-corrected chi connectivity index (χ1v) is 7.04. The zero-order valence-corrected chi connectivity index (χ0v) is 11.5. The smallest absolute Gasteiger partial charge is 0.281 e. The van der Waals surface area contributed by atoms with Crippen molar-refractivity contribution in [3.8, 4) is 5.75 Å². The van der Waals surface area contributed by atoms with Crippen molar-refractivity contribution in [2.45, 2.75) is 6.42 Å². The molecule has 0 aliphatic carbocycles. The minimum atomic E-state index is -0.116. The van der Waals surface area contributed by atoms with Crippen LogP contribution in [-0.2, 0) is 4.79 Å². The zero-order chi connectivity index (χ0) is 13.7. The fourth-order valence-electron chi connectivity index (χ4n) is 1.83. The molecule has 1 heterocycles. The first kappa shape index (κ1) is 13.7. The van der Waals surface area contributed by atoms with E-state index in [4.69, 9.17) is 4.74 Å². The topological polar surface area (TPSA) is 58.6 Å². The number of hydrogen-bond acceptors (Lipinski definition) is 4. The molecule has 0 radical (unpaired) electrons. The third-order valence-corrected chi connectivity index (χ3v) is 3.73. The van der Waals surface area contributed by atoms with Crippen LogP contribution < -0.4 is 10.1 Å². The maximum absolute atomic E-state index is 11.8. The number of rotatable bonds is 5. The minimum Gasteiger partial charge on any atom is -0.495 e.